The molecule has 0 aromatic heterocycles. The van der Waals surface area contributed by atoms with Gasteiger partial charge in [0.05, 0.1) is 12.6 Å². The van der Waals surface area contributed by atoms with Crippen molar-refractivity contribution in [2.45, 2.75) is 102 Å². The van der Waals surface area contributed by atoms with Gasteiger partial charge in [-0.05, 0) is 49.3 Å². The van der Waals surface area contributed by atoms with Gasteiger partial charge in [0.2, 0.25) is 35.4 Å². The standard InChI is InChI=1S/C31H50N7O13P/c1-5-19(32)26(41)34-20(6-2)27(42)36-22(14-17-7-9-18(10-8-17)51-52(48,49)50)29(44)38-24(15-39)30(45)35-21(11-12-25(33)40)28(43)37-23(31(46)47)13-16(3)4/h7-10,16,19-24,39H,5-6,11-15,32H2,1-4H3,(H2,33,40)(H,34,41)(H,35,45)(H,36,42)(H,37,43)(H,38,44)(H,46,47)(H2,48,49,50)/t19-,20-,21-,22-,23-,24-/m0/s1. The van der Waals surface area contributed by atoms with E-state index >= 15 is 0 Å². The summed E-state index contributed by atoms with van der Waals surface area (Å²) in [6, 6.07) is -2.99. The van der Waals surface area contributed by atoms with Crippen molar-refractivity contribution in [2.24, 2.45) is 17.4 Å². The van der Waals surface area contributed by atoms with Crippen LogP contribution in [-0.2, 0) is 44.5 Å². The molecule has 0 aliphatic heterocycles. The van der Waals surface area contributed by atoms with Crippen LogP contribution >= 0.6 is 7.82 Å². The highest BCUT2D eigenvalue weighted by Gasteiger charge is 2.33. The zero-order valence-corrected chi connectivity index (χ0v) is 30.3. The minimum Gasteiger partial charge on any atom is -0.480 e. The molecule has 1 aromatic carbocycles. The Morgan fingerprint density at radius 3 is 1.71 bits per heavy atom. The first kappa shape index (κ1) is 45.4. The second-order valence-electron chi connectivity index (χ2n) is 12.3. The Bertz CT molecular complexity index is 1450. The number of phosphoric ester groups is 1. The lowest BCUT2D eigenvalue weighted by Gasteiger charge is -2.26. The summed E-state index contributed by atoms with van der Waals surface area (Å²) in [5.74, 6) is -6.98. The van der Waals surface area contributed by atoms with Crippen LogP contribution in [0.25, 0.3) is 0 Å². The highest BCUT2D eigenvalue weighted by molar-refractivity contribution is 7.46. The molecule has 21 heteroatoms. The first-order valence-electron chi connectivity index (χ1n) is 16.4. The lowest BCUT2D eigenvalue weighted by atomic mass is 10.0. The third-order valence-electron chi connectivity index (χ3n) is 7.49. The fourth-order valence-electron chi connectivity index (χ4n) is 4.62. The van der Waals surface area contributed by atoms with Crippen LogP contribution in [0.3, 0.4) is 0 Å². The summed E-state index contributed by atoms with van der Waals surface area (Å²) >= 11 is 0. The number of hydrogen-bond acceptors (Lipinski definition) is 11. The number of aliphatic carboxylic acids is 1. The van der Waals surface area contributed by atoms with Gasteiger partial charge < -0.3 is 52.8 Å². The van der Waals surface area contributed by atoms with E-state index < -0.39 is 92.1 Å². The summed E-state index contributed by atoms with van der Waals surface area (Å²) in [5, 5.41) is 31.5. The number of benzene rings is 1. The van der Waals surface area contributed by atoms with Crippen molar-refractivity contribution in [3.8, 4) is 5.75 Å². The topological polar surface area (TPSA) is 339 Å². The van der Waals surface area contributed by atoms with Gasteiger partial charge in [0.1, 0.15) is 36.0 Å². The average molecular weight is 760 g/mol. The average Bonchev–Trinajstić information content (AvgIpc) is 3.06. The van der Waals surface area contributed by atoms with E-state index in [1.807, 2.05) is 0 Å². The molecule has 0 radical (unpaired) electrons. The zero-order valence-electron chi connectivity index (χ0n) is 29.4. The van der Waals surface area contributed by atoms with Crippen LogP contribution in [-0.4, -0.2) is 104 Å². The Labute approximate surface area is 300 Å². The number of primary amides is 1. The Balaban J connectivity index is 3.32. The van der Waals surface area contributed by atoms with E-state index in [1.165, 1.54) is 24.3 Å². The number of aliphatic hydroxyl groups excluding tert-OH is 1. The highest BCUT2D eigenvalue weighted by atomic mass is 31.2. The lowest BCUT2D eigenvalue weighted by molar-refractivity contribution is -0.143. The molecule has 52 heavy (non-hydrogen) atoms. The van der Waals surface area contributed by atoms with Gasteiger partial charge in [-0.3, -0.25) is 38.6 Å². The number of hydrogen-bond donors (Lipinski definition) is 11. The van der Waals surface area contributed by atoms with E-state index in [1.54, 1.807) is 27.7 Å². The maximum atomic E-state index is 13.6. The summed E-state index contributed by atoms with van der Waals surface area (Å²) < 4.78 is 15.7. The van der Waals surface area contributed by atoms with Gasteiger partial charge in [-0.2, -0.15) is 0 Å². The fraction of sp³-hybridized carbons (Fsp3) is 0.581. The molecule has 1 rings (SSSR count). The number of carbonyl (C=O) groups excluding carboxylic acids is 6. The largest absolute Gasteiger partial charge is 0.524 e. The van der Waals surface area contributed by atoms with Gasteiger partial charge in [-0.1, -0.05) is 39.8 Å². The summed E-state index contributed by atoms with van der Waals surface area (Å²) in [7, 11) is -4.87. The number of aliphatic hydroxyl groups is 1. The summed E-state index contributed by atoms with van der Waals surface area (Å²) in [5.41, 5.74) is 11.3. The maximum Gasteiger partial charge on any atom is 0.524 e. The molecule has 0 saturated heterocycles. The van der Waals surface area contributed by atoms with Crippen LogP contribution in [0.2, 0.25) is 0 Å². The van der Waals surface area contributed by atoms with Crippen molar-refractivity contribution in [3.63, 3.8) is 0 Å². The van der Waals surface area contributed by atoms with Crippen molar-refractivity contribution in [1.82, 2.24) is 26.6 Å². The third-order valence-corrected chi connectivity index (χ3v) is 7.94. The molecular weight excluding hydrogens is 709 g/mol. The summed E-state index contributed by atoms with van der Waals surface area (Å²) in [6.45, 7) is 5.71. The van der Waals surface area contributed by atoms with Crippen molar-refractivity contribution >= 4 is 49.2 Å². The van der Waals surface area contributed by atoms with Crippen LogP contribution in [0.5, 0.6) is 5.75 Å². The van der Waals surface area contributed by atoms with Gasteiger partial charge in [0.25, 0.3) is 0 Å². The molecule has 6 atom stereocenters. The van der Waals surface area contributed by atoms with Crippen LogP contribution in [0.4, 0.5) is 0 Å². The minimum atomic E-state index is -4.87. The molecule has 0 fully saturated rings. The molecule has 20 nitrogen and oxygen atoms in total. The minimum absolute atomic E-state index is 0.0490. The maximum absolute atomic E-state index is 13.6. The van der Waals surface area contributed by atoms with Gasteiger partial charge >= 0.3 is 13.8 Å². The number of carboxylic acids is 1. The Kier molecular flexibility index (Phi) is 18.9. The molecule has 0 aliphatic carbocycles. The first-order valence-corrected chi connectivity index (χ1v) is 18.0. The van der Waals surface area contributed by atoms with E-state index in [2.05, 4.69) is 31.1 Å². The van der Waals surface area contributed by atoms with Crippen LogP contribution in [0.1, 0.15) is 65.4 Å². The SMILES string of the molecule is CC[C@H](NC(=O)[C@@H](N)CC)C(=O)N[C@@H](Cc1ccc(OP(=O)(O)O)cc1)C(=O)N[C@@H](CO)C(=O)N[C@@H](CCC(N)=O)C(=O)N[C@@H](CC(C)C)C(=O)O. The van der Waals surface area contributed by atoms with E-state index in [0.717, 1.165) is 0 Å². The van der Waals surface area contributed by atoms with Gasteiger partial charge in [0, 0.05) is 12.8 Å². The number of carboxylic acid groups (broad SMARTS) is 1. The quantitative estimate of drug-likeness (QED) is 0.0521. The van der Waals surface area contributed by atoms with Gasteiger partial charge in [-0.25, -0.2) is 9.36 Å². The molecule has 13 N–H and O–H groups in total. The van der Waals surface area contributed by atoms with Crippen molar-refractivity contribution in [1.29, 1.82) is 0 Å². The fourth-order valence-corrected chi connectivity index (χ4v) is 5.01. The van der Waals surface area contributed by atoms with E-state index in [9.17, 15) is 48.3 Å². The summed E-state index contributed by atoms with van der Waals surface area (Å²) in [4.78, 5) is 107. The smallest absolute Gasteiger partial charge is 0.480 e. The number of nitrogens with two attached hydrogens (primary N) is 2. The Hall–Kier alpha value is -4.62. The predicted octanol–water partition coefficient (Wildman–Crippen LogP) is -2.34. The molecule has 0 aliphatic rings. The highest BCUT2D eigenvalue weighted by Crippen LogP contribution is 2.37. The number of nitrogens with one attached hydrogen (secondary N) is 5. The van der Waals surface area contributed by atoms with Crippen molar-refractivity contribution in [3.05, 3.63) is 29.8 Å². The number of amides is 6. The van der Waals surface area contributed by atoms with Gasteiger partial charge in [0.15, 0.2) is 0 Å². The molecule has 6 amide bonds. The van der Waals surface area contributed by atoms with Crippen molar-refractivity contribution < 1.29 is 62.7 Å². The van der Waals surface area contributed by atoms with E-state index in [4.69, 9.17) is 21.3 Å². The molecule has 1 aromatic rings. The lowest BCUT2D eigenvalue weighted by Crippen LogP contribution is -2.60. The van der Waals surface area contributed by atoms with Crippen LogP contribution < -0.4 is 42.6 Å². The Morgan fingerprint density at radius 1 is 0.750 bits per heavy atom. The Morgan fingerprint density at radius 2 is 1.23 bits per heavy atom. The molecule has 0 bridgehead atoms. The first-order chi connectivity index (χ1) is 24.2. The number of phosphoric acid groups is 1. The molecule has 0 unspecified atom stereocenters. The van der Waals surface area contributed by atoms with Gasteiger partial charge in [-0.15, -0.1) is 0 Å². The summed E-state index contributed by atoms with van der Waals surface area (Å²) in [6.07, 6.45) is -0.590. The zero-order chi connectivity index (χ0) is 39.8. The molecule has 0 spiro atoms. The number of rotatable bonds is 23. The normalized spacial score (nSPS) is 14.8. The second kappa shape index (κ2) is 21.7. The number of carbonyl (C=O) groups is 7. The second-order valence-corrected chi connectivity index (χ2v) is 13.5. The molecule has 292 valence electrons. The monoisotopic (exact) mass is 759 g/mol. The molecular formula is C31H50N7O13P. The molecule has 0 saturated carbocycles. The predicted molar refractivity (Wildman–Crippen MR) is 184 cm³/mol. The van der Waals surface area contributed by atoms with E-state index in [-0.39, 0.29) is 50.2 Å². The third kappa shape index (κ3) is 16.6. The van der Waals surface area contributed by atoms with Crippen molar-refractivity contribution in [2.75, 3.05) is 6.61 Å². The van der Waals surface area contributed by atoms with Crippen LogP contribution in [0, 0.1) is 5.92 Å². The van der Waals surface area contributed by atoms with E-state index in [0.29, 0.717) is 5.56 Å². The van der Waals surface area contributed by atoms with Crippen LogP contribution in [0.15, 0.2) is 24.3 Å². The molecule has 0 heterocycles.